The van der Waals surface area contributed by atoms with E-state index in [2.05, 4.69) is 16.0 Å². The molecule has 0 aliphatic rings. The number of amides is 5. The zero-order chi connectivity index (χ0) is 25.9. The van der Waals surface area contributed by atoms with Crippen LogP contribution >= 0.6 is 0 Å². The van der Waals surface area contributed by atoms with E-state index in [-0.39, 0.29) is 12.8 Å². The second-order valence-electron chi connectivity index (χ2n) is 7.77. The summed E-state index contributed by atoms with van der Waals surface area (Å²) in [6.45, 7) is 4.59. The van der Waals surface area contributed by atoms with E-state index < -0.39 is 78.1 Å². The first-order valence-corrected chi connectivity index (χ1v) is 10.3. The summed E-state index contributed by atoms with van der Waals surface area (Å²) < 4.78 is 0. The molecule has 188 valence electrons. The number of carboxylic acid groups (broad SMARTS) is 1. The van der Waals surface area contributed by atoms with Gasteiger partial charge in [-0.05, 0) is 19.3 Å². The van der Waals surface area contributed by atoms with Gasteiger partial charge in [-0.25, -0.2) is 4.79 Å². The molecule has 33 heavy (non-hydrogen) atoms. The van der Waals surface area contributed by atoms with Crippen molar-refractivity contribution >= 4 is 35.5 Å². The van der Waals surface area contributed by atoms with Gasteiger partial charge in [-0.1, -0.05) is 20.3 Å². The molecule has 6 atom stereocenters. The monoisotopic (exact) mass is 474 g/mol. The van der Waals surface area contributed by atoms with Crippen molar-refractivity contribution in [1.82, 2.24) is 16.0 Å². The number of aliphatic hydroxyl groups excluding tert-OH is 1. The van der Waals surface area contributed by atoms with Gasteiger partial charge in [-0.15, -0.1) is 0 Å². The molecule has 0 radical (unpaired) electrons. The summed E-state index contributed by atoms with van der Waals surface area (Å²) in [6.07, 6.45) is -2.07. The van der Waals surface area contributed by atoms with Crippen molar-refractivity contribution in [2.45, 2.75) is 76.7 Å². The number of aliphatic hydroxyl groups is 1. The van der Waals surface area contributed by atoms with E-state index >= 15 is 0 Å². The van der Waals surface area contributed by atoms with Crippen molar-refractivity contribution in [3.05, 3.63) is 0 Å². The molecular weight excluding hydrogens is 440 g/mol. The maximum atomic E-state index is 12.7. The molecule has 0 aliphatic heterocycles. The molecule has 0 aromatic carbocycles. The summed E-state index contributed by atoms with van der Waals surface area (Å²) >= 11 is 0. The highest BCUT2D eigenvalue weighted by molar-refractivity contribution is 5.96. The number of nitrogens with two attached hydrogens (primary N) is 3. The van der Waals surface area contributed by atoms with Crippen LogP contribution in [0.5, 0.6) is 0 Å². The van der Waals surface area contributed by atoms with Crippen LogP contribution in [0, 0.1) is 5.92 Å². The molecular formula is C19H34N6O8. The number of hydrogen-bond donors (Lipinski definition) is 8. The Morgan fingerprint density at radius 1 is 0.848 bits per heavy atom. The van der Waals surface area contributed by atoms with Crippen molar-refractivity contribution < 1.29 is 39.0 Å². The van der Waals surface area contributed by atoms with Gasteiger partial charge < -0.3 is 43.4 Å². The normalized spacial score (nSPS) is 16.3. The van der Waals surface area contributed by atoms with E-state index in [4.69, 9.17) is 17.2 Å². The zero-order valence-electron chi connectivity index (χ0n) is 18.9. The maximum absolute atomic E-state index is 12.7. The van der Waals surface area contributed by atoms with E-state index in [1.54, 1.807) is 13.8 Å². The average Bonchev–Trinajstić information content (AvgIpc) is 2.71. The van der Waals surface area contributed by atoms with E-state index in [1.807, 2.05) is 0 Å². The Morgan fingerprint density at radius 3 is 1.79 bits per heavy atom. The lowest BCUT2D eigenvalue weighted by atomic mass is 9.98. The lowest BCUT2D eigenvalue weighted by Gasteiger charge is -2.26. The predicted octanol–water partition coefficient (Wildman–Crippen LogP) is -3.58. The number of carbonyl (C=O) groups is 6. The van der Waals surface area contributed by atoms with E-state index in [1.165, 1.54) is 6.92 Å². The number of rotatable bonds is 15. The summed E-state index contributed by atoms with van der Waals surface area (Å²) in [5, 5.41) is 25.6. The summed E-state index contributed by atoms with van der Waals surface area (Å²) in [5.74, 6) is -6.33. The molecule has 0 spiro atoms. The van der Waals surface area contributed by atoms with Gasteiger partial charge in [0, 0.05) is 6.42 Å². The summed E-state index contributed by atoms with van der Waals surface area (Å²) in [5.41, 5.74) is 15.7. The fourth-order valence-electron chi connectivity index (χ4n) is 2.66. The van der Waals surface area contributed by atoms with Crippen molar-refractivity contribution in [1.29, 1.82) is 0 Å². The quantitative estimate of drug-likeness (QED) is 0.116. The molecule has 0 fully saturated rings. The van der Waals surface area contributed by atoms with Crippen LogP contribution in [0.4, 0.5) is 0 Å². The van der Waals surface area contributed by atoms with Crippen LogP contribution < -0.4 is 33.2 Å². The second kappa shape index (κ2) is 14.0. The average molecular weight is 475 g/mol. The van der Waals surface area contributed by atoms with Gasteiger partial charge in [0.05, 0.1) is 12.5 Å². The smallest absolute Gasteiger partial charge is 0.326 e. The van der Waals surface area contributed by atoms with Crippen molar-refractivity contribution in [3.63, 3.8) is 0 Å². The van der Waals surface area contributed by atoms with Crippen LogP contribution in [0.2, 0.25) is 0 Å². The van der Waals surface area contributed by atoms with Gasteiger partial charge >= 0.3 is 5.97 Å². The molecule has 0 aromatic rings. The lowest BCUT2D eigenvalue weighted by molar-refractivity contribution is -0.144. The largest absolute Gasteiger partial charge is 0.480 e. The molecule has 14 nitrogen and oxygen atoms in total. The summed E-state index contributed by atoms with van der Waals surface area (Å²) in [6, 6.07) is -5.63. The maximum Gasteiger partial charge on any atom is 0.326 e. The third-order valence-corrected chi connectivity index (χ3v) is 4.95. The molecule has 0 rings (SSSR count). The van der Waals surface area contributed by atoms with E-state index in [9.17, 15) is 39.0 Å². The lowest BCUT2D eigenvalue weighted by Crippen LogP contribution is -2.59. The molecule has 0 aliphatic carbocycles. The Bertz CT molecular complexity index is 744. The molecule has 11 N–H and O–H groups in total. The fraction of sp³-hybridized carbons (Fsp3) is 0.684. The molecule has 5 amide bonds. The Kier molecular flexibility index (Phi) is 12.6. The number of carboxylic acids is 1. The highest BCUT2D eigenvalue weighted by atomic mass is 16.4. The van der Waals surface area contributed by atoms with Crippen LogP contribution in [0.25, 0.3) is 0 Å². The highest BCUT2D eigenvalue weighted by Gasteiger charge is 2.33. The topological polar surface area (TPSA) is 257 Å². The minimum Gasteiger partial charge on any atom is -0.480 e. The summed E-state index contributed by atoms with van der Waals surface area (Å²) in [7, 11) is 0. The highest BCUT2D eigenvalue weighted by Crippen LogP contribution is 2.09. The molecule has 0 saturated heterocycles. The van der Waals surface area contributed by atoms with Crippen molar-refractivity contribution in [3.8, 4) is 0 Å². The first kappa shape index (κ1) is 29.7. The first-order valence-electron chi connectivity index (χ1n) is 10.3. The molecule has 14 heteroatoms. The van der Waals surface area contributed by atoms with E-state index in [0.717, 1.165) is 0 Å². The van der Waals surface area contributed by atoms with Crippen LogP contribution in [0.3, 0.4) is 0 Å². The Morgan fingerprint density at radius 2 is 1.36 bits per heavy atom. The number of primary amides is 2. The van der Waals surface area contributed by atoms with Crippen LogP contribution in [0.15, 0.2) is 0 Å². The third-order valence-electron chi connectivity index (χ3n) is 4.95. The van der Waals surface area contributed by atoms with Gasteiger partial charge in [0.2, 0.25) is 29.5 Å². The molecule has 0 heterocycles. The Balaban J connectivity index is 5.66. The van der Waals surface area contributed by atoms with Gasteiger partial charge in [0.1, 0.15) is 24.2 Å². The van der Waals surface area contributed by atoms with Crippen LogP contribution in [0.1, 0.15) is 46.5 Å². The van der Waals surface area contributed by atoms with Crippen LogP contribution in [-0.4, -0.2) is 76.0 Å². The number of hydrogen-bond acceptors (Lipinski definition) is 8. The number of carbonyl (C=O) groups excluding carboxylic acids is 5. The fourth-order valence-corrected chi connectivity index (χ4v) is 2.66. The first-order chi connectivity index (χ1) is 15.2. The van der Waals surface area contributed by atoms with Crippen molar-refractivity contribution in [2.75, 3.05) is 0 Å². The minimum atomic E-state index is -1.55. The van der Waals surface area contributed by atoms with Crippen molar-refractivity contribution in [2.24, 2.45) is 23.1 Å². The zero-order valence-corrected chi connectivity index (χ0v) is 18.9. The molecule has 6 unspecified atom stereocenters. The molecule has 0 bridgehead atoms. The number of nitrogens with one attached hydrogen (secondary N) is 3. The standard InChI is InChI=1S/C19H34N6O8/c1-4-8(2)15(19(32)33)25-16(29)10(5-6-12(20)27)23-17(30)11(7-13(21)28)24-18(31)14(22)9(3)26/h8-11,14-15,26H,4-7,22H2,1-3H3,(H2,20,27)(H2,21,28)(H,23,30)(H,24,31)(H,25,29)(H,32,33). The SMILES string of the molecule is CCC(C)C(NC(=O)C(CCC(N)=O)NC(=O)C(CC(N)=O)NC(=O)C(N)C(C)O)C(=O)O. The van der Waals surface area contributed by atoms with Gasteiger partial charge in [-0.3, -0.25) is 24.0 Å². The van der Waals surface area contributed by atoms with Gasteiger partial charge in [-0.2, -0.15) is 0 Å². The number of aliphatic carboxylic acids is 1. The third kappa shape index (κ3) is 10.7. The Hall–Kier alpha value is -3.26. The molecule has 0 saturated carbocycles. The summed E-state index contributed by atoms with van der Waals surface area (Å²) in [4.78, 5) is 71.6. The second-order valence-corrected chi connectivity index (χ2v) is 7.77. The van der Waals surface area contributed by atoms with Gasteiger partial charge in [0.25, 0.3) is 0 Å². The van der Waals surface area contributed by atoms with Crippen LogP contribution in [-0.2, 0) is 28.8 Å². The van der Waals surface area contributed by atoms with Gasteiger partial charge in [0.15, 0.2) is 0 Å². The predicted molar refractivity (Wildman–Crippen MR) is 115 cm³/mol. The molecule has 0 aromatic heterocycles. The Labute approximate surface area is 191 Å². The van der Waals surface area contributed by atoms with E-state index in [0.29, 0.717) is 6.42 Å². The minimum absolute atomic E-state index is 0.274.